The summed E-state index contributed by atoms with van der Waals surface area (Å²) in [7, 11) is 0. The lowest BCUT2D eigenvalue weighted by atomic mass is 10.1. The van der Waals surface area contributed by atoms with Gasteiger partial charge in [-0.25, -0.2) is 15.0 Å². The summed E-state index contributed by atoms with van der Waals surface area (Å²) in [5.74, 6) is 2.51. The number of nitrogen functional groups attached to an aromatic ring is 1. The van der Waals surface area contributed by atoms with Gasteiger partial charge in [-0.05, 0) is 24.0 Å². The summed E-state index contributed by atoms with van der Waals surface area (Å²) >= 11 is 0. The lowest BCUT2D eigenvalue weighted by Crippen LogP contribution is -2.33. The van der Waals surface area contributed by atoms with E-state index in [1.54, 1.807) is 12.7 Å². The molecule has 0 aliphatic rings. The number of benzene rings is 1. The molecule has 0 bridgehead atoms. The molecule has 3 aromatic rings. The molecule has 0 radical (unpaired) electrons. The zero-order valence-electron chi connectivity index (χ0n) is 15.3. The van der Waals surface area contributed by atoms with Gasteiger partial charge in [-0.3, -0.25) is 4.57 Å². The van der Waals surface area contributed by atoms with Crippen LogP contribution in [0.4, 0.5) is 11.5 Å². The molecular weight excluding hydrogens is 312 g/mol. The molecule has 2 aromatic heterocycles. The Labute approximate surface area is 148 Å². The molecular formula is C19H26N6. The second-order valence-electron chi connectivity index (χ2n) is 7.23. The first-order valence-corrected chi connectivity index (χ1v) is 8.75. The summed E-state index contributed by atoms with van der Waals surface area (Å²) in [6, 6.07) is 7.96. The number of nitrogens with two attached hydrogens (primary N) is 1. The smallest absolute Gasteiger partial charge is 0.167 e. The minimum Gasteiger partial charge on any atom is -0.393 e. The Kier molecular flexibility index (Phi) is 4.88. The number of nitrogens with zero attached hydrogens (tertiary/aromatic N) is 5. The number of hydrogen-bond donors (Lipinski definition) is 1. The molecule has 0 saturated heterocycles. The minimum atomic E-state index is 0.519. The van der Waals surface area contributed by atoms with E-state index in [1.807, 2.05) is 28.8 Å². The Bertz CT molecular complexity index is 842. The number of imidazole rings is 1. The van der Waals surface area contributed by atoms with Crippen molar-refractivity contribution in [1.82, 2.24) is 19.5 Å². The Hall–Kier alpha value is -2.63. The molecule has 1 aromatic carbocycles. The van der Waals surface area contributed by atoms with E-state index in [1.165, 1.54) is 0 Å². The number of fused-ring (bicyclic) bond motifs is 1. The van der Waals surface area contributed by atoms with Gasteiger partial charge >= 0.3 is 0 Å². The minimum absolute atomic E-state index is 0.519. The molecule has 0 fully saturated rings. The molecule has 2 N–H and O–H groups in total. The highest BCUT2D eigenvalue weighted by molar-refractivity contribution is 5.80. The van der Waals surface area contributed by atoms with Crippen molar-refractivity contribution in [3.63, 3.8) is 0 Å². The van der Waals surface area contributed by atoms with Gasteiger partial charge in [-0.15, -0.1) is 0 Å². The molecule has 0 unspecified atom stereocenters. The van der Waals surface area contributed by atoms with E-state index >= 15 is 0 Å². The van der Waals surface area contributed by atoms with Crippen LogP contribution >= 0.6 is 0 Å². The lowest BCUT2D eigenvalue weighted by molar-refractivity contribution is 0.549. The molecule has 132 valence electrons. The first-order chi connectivity index (χ1) is 12.0. The number of para-hydroxylation sites is 2. The number of hydrogen-bond acceptors (Lipinski definition) is 5. The highest BCUT2D eigenvalue weighted by atomic mass is 15.2. The van der Waals surface area contributed by atoms with Gasteiger partial charge in [0.2, 0.25) is 0 Å². The fraction of sp³-hybridized carbons (Fsp3) is 0.421. The average molecular weight is 338 g/mol. The van der Waals surface area contributed by atoms with Gasteiger partial charge in [0.25, 0.3) is 0 Å². The average Bonchev–Trinajstić information content (AvgIpc) is 2.97. The third kappa shape index (κ3) is 3.57. The molecule has 0 amide bonds. The zero-order chi connectivity index (χ0) is 18.0. The molecule has 0 spiro atoms. The van der Waals surface area contributed by atoms with Crippen LogP contribution in [0.3, 0.4) is 0 Å². The molecule has 2 heterocycles. The largest absolute Gasteiger partial charge is 0.393 e. The van der Waals surface area contributed by atoms with E-state index in [0.717, 1.165) is 29.9 Å². The quantitative estimate of drug-likeness (QED) is 0.744. The SMILES string of the molecule is CC(C)CN(CC(C)C)c1ncnc(-n2cnc3ccccc32)c1N. The molecule has 0 atom stereocenters. The monoisotopic (exact) mass is 338 g/mol. The third-order valence-electron chi connectivity index (χ3n) is 3.99. The van der Waals surface area contributed by atoms with Gasteiger partial charge in [0.15, 0.2) is 11.6 Å². The van der Waals surface area contributed by atoms with E-state index in [0.29, 0.717) is 23.3 Å². The van der Waals surface area contributed by atoms with Crippen molar-refractivity contribution >= 4 is 22.5 Å². The molecule has 3 rings (SSSR count). The highest BCUT2D eigenvalue weighted by Gasteiger charge is 2.19. The van der Waals surface area contributed by atoms with Crippen molar-refractivity contribution in [1.29, 1.82) is 0 Å². The highest BCUT2D eigenvalue weighted by Crippen LogP contribution is 2.28. The summed E-state index contributed by atoms with van der Waals surface area (Å²) in [6.07, 6.45) is 3.35. The Balaban J connectivity index is 2.07. The van der Waals surface area contributed by atoms with Crippen LogP contribution in [0.15, 0.2) is 36.9 Å². The van der Waals surface area contributed by atoms with Crippen LogP contribution in [-0.4, -0.2) is 32.6 Å². The van der Waals surface area contributed by atoms with Gasteiger partial charge in [0.05, 0.1) is 11.0 Å². The topological polar surface area (TPSA) is 72.9 Å². The first-order valence-electron chi connectivity index (χ1n) is 8.75. The zero-order valence-corrected chi connectivity index (χ0v) is 15.3. The van der Waals surface area contributed by atoms with Crippen LogP contribution in [0, 0.1) is 11.8 Å². The van der Waals surface area contributed by atoms with E-state index < -0.39 is 0 Å². The Morgan fingerprint density at radius 3 is 2.36 bits per heavy atom. The standard InChI is InChI=1S/C19H26N6/c1-13(2)9-24(10-14(3)4)18-17(20)19(22-11-21-18)25-12-23-15-7-5-6-8-16(15)25/h5-8,11-14H,9-10,20H2,1-4H3. The van der Waals surface area contributed by atoms with E-state index in [4.69, 9.17) is 5.73 Å². The predicted octanol–water partition coefficient (Wildman–Crippen LogP) is 3.52. The molecule has 0 aliphatic heterocycles. The van der Waals surface area contributed by atoms with Gasteiger partial charge in [0, 0.05) is 13.1 Å². The van der Waals surface area contributed by atoms with Crippen molar-refractivity contribution in [3.05, 3.63) is 36.9 Å². The van der Waals surface area contributed by atoms with Crippen LogP contribution in [0.1, 0.15) is 27.7 Å². The molecule has 6 heteroatoms. The van der Waals surface area contributed by atoms with Gasteiger partial charge in [-0.2, -0.15) is 0 Å². The summed E-state index contributed by atoms with van der Waals surface area (Å²) in [4.78, 5) is 15.6. The van der Waals surface area contributed by atoms with E-state index in [-0.39, 0.29) is 0 Å². The first kappa shape index (κ1) is 17.2. The third-order valence-corrected chi connectivity index (χ3v) is 3.99. The van der Waals surface area contributed by atoms with Crippen molar-refractivity contribution in [2.75, 3.05) is 23.7 Å². The van der Waals surface area contributed by atoms with Crippen LogP contribution < -0.4 is 10.6 Å². The van der Waals surface area contributed by atoms with Crippen LogP contribution in [-0.2, 0) is 0 Å². The summed E-state index contributed by atoms with van der Waals surface area (Å²) in [5, 5.41) is 0. The molecule has 0 saturated carbocycles. The Morgan fingerprint density at radius 1 is 1.00 bits per heavy atom. The van der Waals surface area contributed by atoms with E-state index in [2.05, 4.69) is 47.5 Å². The number of rotatable bonds is 6. The van der Waals surface area contributed by atoms with Crippen molar-refractivity contribution in [3.8, 4) is 5.82 Å². The number of aromatic nitrogens is 4. The normalized spacial score (nSPS) is 11.6. The molecule has 25 heavy (non-hydrogen) atoms. The van der Waals surface area contributed by atoms with Gasteiger partial charge in [-0.1, -0.05) is 39.8 Å². The van der Waals surface area contributed by atoms with Gasteiger partial charge < -0.3 is 10.6 Å². The van der Waals surface area contributed by atoms with Gasteiger partial charge in [0.1, 0.15) is 18.3 Å². The summed E-state index contributed by atoms with van der Waals surface area (Å²) < 4.78 is 1.93. The summed E-state index contributed by atoms with van der Waals surface area (Å²) in [6.45, 7) is 10.6. The van der Waals surface area contributed by atoms with Crippen LogP contribution in [0.25, 0.3) is 16.9 Å². The Morgan fingerprint density at radius 2 is 1.68 bits per heavy atom. The second-order valence-corrected chi connectivity index (χ2v) is 7.23. The van der Waals surface area contributed by atoms with Crippen molar-refractivity contribution in [2.24, 2.45) is 11.8 Å². The lowest BCUT2D eigenvalue weighted by Gasteiger charge is -2.28. The second kappa shape index (κ2) is 7.09. The number of anilines is 2. The van der Waals surface area contributed by atoms with Crippen LogP contribution in [0.2, 0.25) is 0 Å². The maximum absolute atomic E-state index is 6.50. The molecule has 6 nitrogen and oxygen atoms in total. The maximum atomic E-state index is 6.50. The predicted molar refractivity (Wildman–Crippen MR) is 103 cm³/mol. The molecule has 0 aliphatic carbocycles. The summed E-state index contributed by atoms with van der Waals surface area (Å²) in [5.41, 5.74) is 9.00. The van der Waals surface area contributed by atoms with E-state index in [9.17, 15) is 0 Å². The fourth-order valence-corrected chi connectivity index (χ4v) is 3.08. The van der Waals surface area contributed by atoms with Crippen LogP contribution in [0.5, 0.6) is 0 Å². The van der Waals surface area contributed by atoms with Crippen molar-refractivity contribution < 1.29 is 0 Å². The fourth-order valence-electron chi connectivity index (χ4n) is 3.08. The maximum Gasteiger partial charge on any atom is 0.167 e. The van der Waals surface area contributed by atoms with Crippen molar-refractivity contribution in [2.45, 2.75) is 27.7 Å².